The number of hydrogen-bond donors (Lipinski definition) is 1. The highest BCUT2D eigenvalue weighted by atomic mass is 32.1. The Balaban J connectivity index is 1.91. The molecule has 1 aromatic carbocycles. The Morgan fingerprint density at radius 3 is 2.54 bits per heavy atom. The van der Waals surface area contributed by atoms with Gasteiger partial charge in [0.25, 0.3) is 11.6 Å². The average molecular weight is 419 g/mol. The maximum absolute atomic E-state index is 12.5. The van der Waals surface area contributed by atoms with Crippen molar-refractivity contribution < 1.29 is 19.2 Å². The van der Waals surface area contributed by atoms with Crippen molar-refractivity contribution in [2.75, 3.05) is 11.9 Å². The van der Waals surface area contributed by atoms with E-state index in [9.17, 15) is 24.5 Å². The lowest BCUT2D eigenvalue weighted by atomic mass is 10.2. The Labute approximate surface area is 165 Å². The smallest absolute Gasteiger partial charge is 0.348 e. The number of fused-ring (bicyclic) bond motifs is 1. The van der Waals surface area contributed by atoms with E-state index in [1.165, 1.54) is 24.3 Å². The number of nitrogens with zero attached hydrogens (tertiary/aromatic N) is 2. The first-order chi connectivity index (χ1) is 13.3. The Bertz CT molecular complexity index is 1150. The Hall–Kier alpha value is -3.18. The van der Waals surface area contributed by atoms with Gasteiger partial charge in [0, 0.05) is 17.7 Å². The topological polar surface area (TPSA) is 128 Å². The number of benzene rings is 1. The van der Waals surface area contributed by atoms with E-state index in [0.717, 1.165) is 22.7 Å². The maximum Gasteiger partial charge on any atom is 0.348 e. The first-order valence-corrected chi connectivity index (χ1v) is 9.62. The molecule has 1 amide bonds. The summed E-state index contributed by atoms with van der Waals surface area (Å²) in [5.74, 6) is -1.08. The number of nitro groups is 1. The van der Waals surface area contributed by atoms with Gasteiger partial charge in [-0.15, -0.1) is 11.3 Å². The largest absolute Gasteiger partial charge is 0.462 e. The number of hydrogen-bond acceptors (Lipinski definition) is 9. The van der Waals surface area contributed by atoms with Crippen molar-refractivity contribution in [2.45, 2.75) is 13.8 Å². The molecule has 0 radical (unpaired) electrons. The molecule has 0 saturated heterocycles. The second-order valence-electron chi connectivity index (χ2n) is 5.52. The summed E-state index contributed by atoms with van der Waals surface area (Å²) in [7, 11) is 0. The van der Waals surface area contributed by atoms with Gasteiger partial charge in [0.1, 0.15) is 9.71 Å². The zero-order valence-electron chi connectivity index (χ0n) is 14.7. The molecular weight excluding hydrogens is 406 g/mol. The molecule has 0 spiro atoms. The summed E-state index contributed by atoms with van der Waals surface area (Å²) in [4.78, 5) is 51.8. The zero-order valence-corrected chi connectivity index (χ0v) is 16.3. The number of carbonyl (C=O) groups excluding carboxylic acids is 2. The maximum atomic E-state index is 12.5. The normalized spacial score (nSPS) is 10.6. The third-order valence-corrected chi connectivity index (χ3v) is 5.69. The molecule has 3 aromatic rings. The van der Waals surface area contributed by atoms with Crippen molar-refractivity contribution in [2.24, 2.45) is 0 Å². The monoisotopic (exact) mass is 419 g/mol. The van der Waals surface area contributed by atoms with Gasteiger partial charge in [0.05, 0.1) is 16.9 Å². The van der Waals surface area contributed by atoms with Crippen LogP contribution in [0.2, 0.25) is 0 Å². The Morgan fingerprint density at radius 2 is 1.93 bits per heavy atom. The molecule has 2 heterocycles. The third kappa shape index (κ3) is 3.75. The van der Waals surface area contributed by atoms with E-state index in [4.69, 9.17) is 4.74 Å². The highest BCUT2D eigenvalue weighted by molar-refractivity contribution is 7.21. The number of carbonyl (C=O) groups is 2. The Kier molecular flexibility index (Phi) is 5.47. The second kappa shape index (κ2) is 7.82. The number of thiophene rings is 1. The fraction of sp³-hybridized carbons (Fsp3) is 0.176. The fourth-order valence-electron chi connectivity index (χ4n) is 2.42. The van der Waals surface area contributed by atoms with E-state index in [2.05, 4.69) is 10.3 Å². The van der Waals surface area contributed by atoms with Gasteiger partial charge in [-0.1, -0.05) is 11.3 Å². The van der Waals surface area contributed by atoms with Crippen molar-refractivity contribution in [3.05, 3.63) is 59.9 Å². The van der Waals surface area contributed by atoms with Crippen LogP contribution in [0.25, 0.3) is 10.2 Å². The number of esters is 1. The third-order valence-electron chi connectivity index (χ3n) is 3.75. The highest BCUT2D eigenvalue weighted by Crippen LogP contribution is 2.30. The van der Waals surface area contributed by atoms with Crippen LogP contribution in [0.15, 0.2) is 29.1 Å². The molecule has 0 aliphatic rings. The van der Waals surface area contributed by atoms with E-state index < -0.39 is 16.8 Å². The minimum Gasteiger partial charge on any atom is -0.462 e. The van der Waals surface area contributed by atoms with Crippen LogP contribution < -0.4 is 10.1 Å². The van der Waals surface area contributed by atoms with Crippen LogP contribution in [0.1, 0.15) is 32.5 Å². The number of non-ortho nitro benzene ring substituents is 1. The molecular formula is C17H13N3O6S2. The lowest BCUT2D eigenvalue weighted by Crippen LogP contribution is -2.13. The number of anilines is 1. The molecule has 0 saturated carbocycles. The summed E-state index contributed by atoms with van der Waals surface area (Å²) in [5.41, 5.74) is 0.545. The summed E-state index contributed by atoms with van der Waals surface area (Å²) < 4.78 is 4.65. The summed E-state index contributed by atoms with van der Waals surface area (Å²) in [6, 6.07) is 5.04. The average Bonchev–Trinajstić information content (AvgIpc) is 2.99. The second-order valence-corrected chi connectivity index (χ2v) is 7.48. The molecule has 0 atom stereocenters. The Morgan fingerprint density at radius 1 is 1.25 bits per heavy atom. The molecule has 9 nitrogen and oxygen atoms in total. The van der Waals surface area contributed by atoms with E-state index >= 15 is 0 Å². The number of nitro benzene ring substituents is 1. The molecule has 0 aliphatic heterocycles. The van der Waals surface area contributed by atoms with Crippen LogP contribution in [0.3, 0.4) is 0 Å². The van der Waals surface area contributed by atoms with E-state index in [1.54, 1.807) is 13.8 Å². The van der Waals surface area contributed by atoms with E-state index in [1.807, 2.05) is 0 Å². The number of amides is 1. The van der Waals surface area contributed by atoms with Crippen LogP contribution in [-0.4, -0.2) is 28.4 Å². The SMILES string of the molecule is CCOC(=O)c1sc2nc(NC(=O)c3ccc([N+](=O)[O-])cc3)sc(=O)c2c1C. The predicted octanol–water partition coefficient (Wildman–Crippen LogP) is 3.36. The molecule has 28 heavy (non-hydrogen) atoms. The van der Waals surface area contributed by atoms with E-state index in [0.29, 0.717) is 20.7 Å². The van der Waals surface area contributed by atoms with Gasteiger partial charge in [-0.05, 0) is 31.5 Å². The number of ether oxygens (including phenoxy) is 1. The summed E-state index contributed by atoms with van der Waals surface area (Å²) in [5, 5.41) is 13.6. The molecule has 3 rings (SSSR count). The van der Waals surface area contributed by atoms with Gasteiger partial charge in [-0.2, -0.15) is 0 Å². The standard InChI is InChI=1S/C17H13N3O6S2/c1-3-26-15(22)12-8(2)11-14(27-12)19-17(28-16(11)23)18-13(21)9-4-6-10(7-5-9)20(24)25/h4-7H,3H2,1-2H3,(H,18,19,21). The van der Waals surface area contributed by atoms with Crippen LogP contribution in [-0.2, 0) is 4.74 Å². The van der Waals surface area contributed by atoms with Crippen molar-refractivity contribution in [1.29, 1.82) is 0 Å². The molecule has 1 N–H and O–H groups in total. The van der Waals surface area contributed by atoms with E-state index in [-0.39, 0.29) is 27.7 Å². The first kappa shape index (κ1) is 19.6. The molecule has 2 aromatic heterocycles. The first-order valence-electron chi connectivity index (χ1n) is 7.99. The fourth-order valence-corrected chi connectivity index (χ4v) is 4.43. The summed E-state index contributed by atoms with van der Waals surface area (Å²) >= 11 is 1.76. The van der Waals surface area contributed by atoms with Crippen molar-refractivity contribution in [3.63, 3.8) is 0 Å². The van der Waals surface area contributed by atoms with Gasteiger partial charge in [-0.3, -0.25) is 25.0 Å². The number of aromatic nitrogens is 1. The van der Waals surface area contributed by atoms with Crippen molar-refractivity contribution in [1.82, 2.24) is 4.98 Å². The van der Waals surface area contributed by atoms with Gasteiger partial charge in [0.15, 0.2) is 5.13 Å². The van der Waals surface area contributed by atoms with Crippen LogP contribution in [0.5, 0.6) is 0 Å². The molecule has 0 bridgehead atoms. The summed E-state index contributed by atoms with van der Waals surface area (Å²) in [6.45, 7) is 3.55. The van der Waals surface area contributed by atoms with Crippen molar-refractivity contribution >= 4 is 55.6 Å². The highest BCUT2D eigenvalue weighted by Gasteiger charge is 2.21. The lowest BCUT2D eigenvalue weighted by Gasteiger charge is -2.03. The molecule has 0 aliphatic carbocycles. The van der Waals surface area contributed by atoms with Crippen LogP contribution >= 0.6 is 22.7 Å². The number of nitrogens with one attached hydrogen (secondary N) is 1. The van der Waals surface area contributed by atoms with Crippen LogP contribution in [0, 0.1) is 17.0 Å². The van der Waals surface area contributed by atoms with Crippen LogP contribution in [0.4, 0.5) is 10.8 Å². The number of aryl methyl sites for hydroxylation is 1. The van der Waals surface area contributed by atoms with Crippen molar-refractivity contribution in [3.8, 4) is 0 Å². The van der Waals surface area contributed by atoms with Gasteiger partial charge < -0.3 is 4.74 Å². The minimum atomic E-state index is -0.566. The summed E-state index contributed by atoms with van der Waals surface area (Å²) in [6.07, 6.45) is 0. The zero-order chi connectivity index (χ0) is 20.4. The molecule has 0 unspecified atom stereocenters. The van der Waals surface area contributed by atoms with Gasteiger partial charge in [-0.25, -0.2) is 9.78 Å². The quantitative estimate of drug-likeness (QED) is 0.381. The lowest BCUT2D eigenvalue weighted by molar-refractivity contribution is -0.384. The van der Waals surface area contributed by atoms with Gasteiger partial charge in [0.2, 0.25) is 4.74 Å². The predicted molar refractivity (Wildman–Crippen MR) is 106 cm³/mol. The number of rotatable bonds is 5. The van der Waals surface area contributed by atoms with Gasteiger partial charge >= 0.3 is 5.97 Å². The molecule has 144 valence electrons. The molecule has 0 fully saturated rings. The minimum absolute atomic E-state index is 0.0671. The molecule has 11 heteroatoms.